The van der Waals surface area contributed by atoms with Gasteiger partial charge in [0.1, 0.15) is 5.69 Å². The molecule has 1 fully saturated rings. The lowest BCUT2D eigenvalue weighted by Crippen LogP contribution is -2.37. The average molecular weight is 262 g/mol. The van der Waals surface area contributed by atoms with E-state index in [-0.39, 0.29) is 26.3 Å². The van der Waals surface area contributed by atoms with Gasteiger partial charge in [-0.1, -0.05) is 0 Å². The van der Waals surface area contributed by atoms with Crippen molar-refractivity contribution in [2.24, 2.45) is 0 Å². The standard InChI is InChI=1S/C10H9F3N2O3/c11-6-5-7(15(16)17)8(12)9(13)10(6)14-1-3-18-4-2-14/h5H,1-4H2. The highest BCUT2D eigenvalue weighted by Gasteiger charge is 2.29. The molecule has 5 nitrogen and oxygen atoms in total. The molecule has 0 bridgehead atoms. The molecule has 98 valence electrons. The summed E-state index contributed by atoms with van der Waals surface area (Å²) in [5.74, 6) is -4.34. The van der Waals surface area contributed by atoms with Crippen LogP contribution in [-0.4, -0.2) is 31.2 Å². The van der Waals surface area contributed by atoms with Gasteiger partial charge in [-0.3, -0.25) is 10.1 Å². The first kappa shape index (κ1) is 12.6. The molecule has 18 heavy (non-hydrogen) atoms. The van der Waals surface area contributed by atoms with Crippen LogP contribution < -0.4 is 4.90 Å². The van der Waals surface area contributed by atoms with Crippen LogP contribution >= 0.6 is 0 Å². The lowest BCUT2D eigenvalue weighted by molar-refractivity contribution is -0.388. The number of nitrogens with zero attached hydrogens (tertiary/aromatic N) is 2. The minimum absolute atomic E-state index is 0.199. The van der Waals surface area contributed by atoms with E-state index in [2.05, 4.69) is 0 Å². The molecule has 0 aliphatic carbocycles. The van der Waals surface area contributed by atoms with E-state index < -0.39 is 33.7 Å². The molecule has 0 saturated carbocycles. The smallest absolute Gasteiger partial charge is 0.310 e. The molecule has 1 aliphatic rings. The Hall–Kier alpha value is -1.83. The Morgan fingerprint density at radius 1 is 1.22 bits per heavy atom. The summed E-state index contributed by atoms with van der Waals surface area (Å²) in [6.45, 7) is 0.922. The maximum atomic E-state index is 13.7. The average Bonchev–Trinajstić information content (AvgIpc) is 2.35. The predicted molar refractivity (Wildman–Crippen MR) is 56.0 cm³/mol. The van der Waals surface area contributed by atoms with Crippen molar-refractivity contribution >= 4 is 11.4 Å². The quantitative estimate of drug-likeness (QED) is 0.463. The molecule has 0 unspecified atom stereocenters. The van der Waals surface area contributed by atoms with E-state index in [1.807, 2.05) is 0 Å². The zero-order chi connectivity index (χ0) is 13.3. The van der Waals surface area contributed by atoms with Crippen molar-refractivity contribution < 1.29 is 22.8 Å². The number of ether oxygens (including phenoxy) is 1. The molecule has 1 aliphatic heterocycles. The molecule has 0 aromatic heterocycles. The van der Waals surface area contributed by atoms with Crippen molar-refractivity contribution in [1.29, 1.82) is 0 Å². The summed E-state index contributed by atoms with van der Waals surface area (Å²) >= 11 is 0. The van der Waals surface area contributed by atoms with Gasteiger partial charge in [-0.15, -0.1) is 0 Å². The van der Waals surface area contributed by atoms with Gasteiger partial charge in [0, 0.05) is 13.1 Å². The fourth-order valence-electron chi connectivity index (χ4n) is 1.78. The molecule has 0 spiro atoms. The van der Waals surface area contributed by atoms with Crippen LogP contribution in [0, 0.1) is 27.6 Å². The monoisotopic (exact) mass is 262 g/mol. The van der Waals surface area contributed by atoms with Gasteiger partial charge in [-0.25, -0.2) is 8.78 Å². The number of anilines is 1. The molecule has 1 aromatic carbocycles. The van der Waals surface area contributed by atoms with Crippen molar-refractivity contribution in [3.8, 4) is 0 Å². The minimum Gasteiger partial charge on any atom is -0.378 e. The van der Waals surface area contributed by atoms with Crippen molar-refractivity contribution in [2.75, 3.05) is 31.2 Å². The lowest BCUT2D eigenvalue weighted by atomic mass is 10.2. The predicted octanol–water partition coefficient (Wildman–Crippen LogP) is 1.85. The molecule has 0 N–H and O–H groups in total. The summed E-state index contributed by atoms with van der Waals surface area (Å²) in [4.78, 5) is 10.5. The summed E-state index contributed by atoms with van der Waals surface area (Å²) in [5.41, 5.74) is -1.79. The van der Waals surface area contributed by atoms with Crippen molar-refractivity contribution in [3.05, 3.63) is 33.6 Å². The van der Waals surface area contributed by atoms with E-state index in [0.717, 1.165) is 0 Å². The minimum atomic E-state index is -1.65. The first-order valence-corrected chi connectivity index (χ1v) is 5.17. The number of rotatable bonds is 2. The number of morpholine rings is 1. The molecule has 1 saturated heterocycles. The maximum Gasteiger partial charge on any atom is 0.310 e. The first-order valence-electron chi connectivity index (χ1n) is 5.17. The van der Waals surface area contributed by atoms with E-state index in [1.54, 1.807) is 0 Å². The van der Waals surface area contributed by atoms with Crippen molar-refractivity contribution in [1.82, 2.24) is 0 Å². The molecular formula is C10H9F3N2O3. The topological polar surface area (TPSA) is 55.6 Å². The molecule has 0 atom stereocenters. The lowest BCUT2D eigenvalue weighted by Gasteiger charge is -2.29. The van der Waals surface area contributed by atoms with Crippen LogP contribution in [-0.2, 0) is 4.74 Å². The summed E-state index contributed by atoms with van der Waals surface area (Å²) in [7, 11) is 0. The Balaban J connectivity index is 2.48. The van der Waals surface area contributed by atoms with E-state index in [9.17, 15) is 23.3 Å². The number of halogens is 3. The molecule has 1 heterocycles. The molecule has 0 radical (unpaired) electrons. The highest BCUT2D eigenvalue weighted by Crippen LogP contribution is 2.31. The Morgan fingerprint density at radius 2 is 1.83 bits per heavy atom. The second-order valence-corrected chi connectivity index (χ2v) is 3.71. The second-order valence-electron chi connectivity index (χ2n) is 3.71. The highest BCUT2D eigenvalue weighted by molar-refractivity contribution is 5.55. The molecule has 2 rings (SSSR count). The van der Waals surface area contributed by atoms with Crippen molar-refractivity contribution in [3.63, 3.8) is 0 Å². The zero-order valence-electron chi connectivity index (χ0n) is 9.16. The van der Waals surface area contributed by atoms with Crippen LogP contribution in [0.4, 0.5) is 24.5 Å². The third-order valence-corrected chi connectivity index (χ3v) is 2.64. The number of benzene rings is 1. The number of hydrogen-bond acceptors (Lipinski definition) is 4. The van der Waals surface area contributed by atoms with Crippen LogP contribution in [0.3, 0.4) is 0 Å². The Morgan fingerprint density at radius 3 is 2.39 bits per heavy atom. The van der Waals surface area contributed by atoms with E-state index in [1.165, 1.54) is 4.90 Å². The molecule has 1 aromatic rings. The third kappa shape index (κ3) is 2.10. The maximum absolute atomic E-state index is 13.7. The van der Waals surface area contributed by atoms with Gasteiger partial charge in [0.2, 0.25) is 5.82 Å². The van der Waals surface area contributed by atoms with Gasteiger partial charge < -0.3 is 9.64 Å². The SMILES string of the molecule is O=[N+]([O-])c1cc(F)c(N2CCOCC2)c(F)c1F. The summed E-state index contributed by atoms with van der Waals surface area (Å²) < 4.78 is 45.7. The van der Waals surface area contributed by atoms with E-state index in [4.69, 9.17) is 4.74 Å². The van der Waals surface area contributed by atoms with Crippen LogP contribution in [0.25, 0.3) is 0 Å². The number of nitro benzene ring substituents is 1. The van der Waals surface area contributed by atoms with Gasteiger partial charge in [-0.2, -0.15) is 4.39 Å². The Labute approximate surface area is 99.9 Å². The summed E-state index contributed by atoms with van der Waals surface area (Å²) in [5, 5.41) is 10.4. The van der Waals surface area contributed by atoms with Crippen LogP contribution in [0.1, 0.15) is 0 Å². The largest absolute Gasteiger partial charge is 0.378 e. The van der Waals surface area contributed by atoms with Gasteiger partial charge in [0.25, 0.3) is 0 Å². The van der Waals surface area contributed by atoms with E-state index in [0.29, 0.717) is 6.07 Å². The normalized spacial score (nSPS) is 15.8. The zero-order valence-corrected chi connectivity index (χ0v) is 9.16. The van der Waals surface area contributed by atoms with Gasteiger partial charge in [0.15, 0.2) is 11.6 Å². The van der Waals surface area contributed by atoms with Crippen LogP contribution in [0.15, 0.2) is 6.07 Å². The second kappa shape index (κ2) is 4.81. The third-order valence-electron chi connectivity index (χ3n) is 2.64. The van der Waals surface area contributed by atoms with Gasteiger partial charge in [-0.05, 0) is 0 Å². The first-order chi connectivity index (χ1) is 8.52. The van der Waals surface area contributed by atoms with Gasteiger partial charge >= 0.3 is 5.69 Å². The van der Waals surface area contributed by atoms with Gasteiger partial charge in [0.05, 0.1) is 24.2 Å². The van der Waals surface area contributed by atoms with Crippen LogP contribution in [0.5, 0.6) is 0 Å². The number of nitro groups is 1. The number of hydrogen-bond donors (Lipinski definition) is 0. The summed E-state index contributed by atoms with van der Waals surface area (Å²) in [6.07, 6.45) is 0. The summed E-state index contributed by atoms with van der Waals surface area (Å²) in [6, 6.07) is 0.392. The van der Waals surface area contributed by atoms with Crippen molar-refractivity contribution in [2.45, 2.75) is 0 Å². The fraction of sp³-hybridized carbons (Fsp3) is 0.400. The van der Waals surface area contributed by atoms with Crippen LogP contribution in [0.2, 0.25) is 0 Å². The fourth-order valence-corrected chi connectivity index (χ4v) is 1.78. The molecule has 8 heteroatoms. The Kier molecular flexibility index (Phi) is 3.37. The van der Waals surface area contributed by atoms with E-state index >= 15 is 0 Å². The Bertz CT molecular complexity index is 490. The molecular weight excluding hydrogens is 253 g/mol. The highest BCUT2D eigenvalue weighted by atomic mass is 19.2. The molecule has 0 amide bonds.